The molecule has 0 radical (unpaired) electrons. The summed E-state index contributed by atoms with van der Waals surface area (Å²) in [6.45, 7) is 5.82. The van der Waals surface area contributed by atoms with Gasteiger partial charge in [0.05, 0.1) is 68.5 Å². The third kappa shape index (κ3) is 35.2. The number of benzene rings is 3. The molecule has 0 saturated carbocycles. The molecule has 3 aromatic rings. The molecule has 0 atom stereocenters. The fraction of sp³-hybridized carbons (Fsp3) is 0.395. The zero-order chi connectivity index (χ0) is 57.3. The van der Waals surface area contributed by atoms with E-state index in [2.05, 4.69) is 28.5 Å². The molecule has 1 heterocycles. The Morgan fingerprint density at radius 1 is 0.658 bits per heavy atom. The summed E-state index contributed by atoms with van der Waals surface area (Å²) in [5.74, 6) is -1.94. The number of nitrogens with two attached hydrogens (primary N) is 1. The van der Waals surface area contributed by atoms with Gasteiger partial charge in [-0.15, -0.1) is 0 Å². The number of carboxylic acids is 1. The maximum Gasteiger partial charge on any atom is 0.488 e. The molecule has 0 aromatic heterocycles. The Balaban J connectivity index is -0.000000860. The first-order valence-corrected chi connectivity index (χ1v) is 21.2. The number of nitro groups is 3. The molecule has 1 amide bonds. The summed E-state index contributed by atoms with van der Waals surface area (Å²) in [6, 6.07) is 8.93. The van der Waals surface area contributed by atoms with Crippen molar-refractivity contribution in [2.75, 3.05) is 87.3 Å². The maximum absolute atomic E-state index is 11.9. The Morgan fingerprint density at radius 2 is 1.01 bits per heavy atom. The number of rotatable bonds is 21. The van der Waals surface area contributed by atoms with E-state index in [-0.39, 0.29) is 46.2 Å². The predicted octanol–water partition coefficient (Wildman–Crippen LogP) is -1.20. The number of halogens is 4. The van der Waals surface area contributed by atoms with Crippen molar-refractivity contribution in [3.8, 4) is 0 Å². The molecule has 0 spiro atoms. The van der Waals surface area contributed by atoms with Crippen LogP contribution in [0.25, 0.3) is 0 Å². The van der Waals surface area contributed by atoms with Crippen LogP contribution in [0.4, 0.5) is 21.5 Å². The Labute approximate surface area is 432 Å². The molecular weight excluding hydrogens is 1050 g/mol. The fourth-order valence-electron chi connectivity index (χ4n) is 4.46. The zero-order valence-electron chi connectivity index (χ0n) is 39.7. The minimum absolute atomic E-state index is 0.0332. The maximum atomic E-state index is 11.9. The van der Waals surface area contributed by atoms with E-state index in [1.807, 2.05) is 0 Å². The number of nitrogens with one attached hydrogen (secondary N) is 1. The highest BCUT2D eigenvalue weighted by atomic mass is 35.5. The van der Waals surface area contributed by atoms with E-state index < -0.39 is 87.9 Å². The first kappa shape index (κ1) is 69.4. The number of carboxylic acid groups (broad SMARTS) is 1. The molecule has 73 heavy (non-hydrogen) atoms. The summed E-state index contributed by atoms with van der Waals surface area (Å²) in [7, 11) is -3.54. The Bertz CT molecular complexity index is 2040. The topological polar surface area (TPSA) is 441 Å². The number of hydrogen-bond donors (Lipinski definition) is 9. The van der Waals surface area contributed by atoms with E-state index in [0.717, 1.165) is 61.7 Å². The van der Waals surface area contributed by atoms with Gasteiger partial charge in [0.2, 0.25) is 0 Å². The number of non-ortho nitro benzene ring substituents is 3. The number of ether oxygens (including phenoxy) is 5. The lowest BCUT2D eigenvalue weighted by molar-refractivity contribution is -0.385. The van der Waals surface area contributed by atoms with Gasteiger partial charge in [-0.1, -0.05) is 0 Å². The molecule has 28 nitrogen and oxygen atoms in total. The van der Waals surface area contributed by atoms with Crippen LogP contribution in [0.15, 0.2) is 54.6 Å². The lowest BCUT2D eigenvalue weighted by atomic mass is 9.79. The summed E-state index contributed by atoms with van der Waals surface area (Å²) in [4.78, 5) is 81.5. The highest BCUT2D eigenvalue weighted by molar-refractivity contribution is 6.97. The Morgan fingerprint density at radius 3 is 1.32 bits per heavy atom. The third-order valence-corrected chi connectivity index (χ3v) is 8.38. The number of hydrogen-bond acceptors (Lipinski definition) is 23. The summed E-state index contributed by atoms with van der Waals surface area (Å²) in [5, 5.41) is 93.0. The third-order valence-electron chi connectivity index (χ3n) is 7.72. The normalized spacial score (nSPS) is 10.7. The van der Waals surface area contributed by atoms with Crippen LogP contribution in [-0.4, -0.2) is 186 Å². The fourth-order valence-corrected chi connectivity index (χ4v) is 4.57. The summed E-state index contributed by atoms with van der Waals surface area (Å²) >= 11 is 14.1. The van der Waals surface area contributed by atoms with Crippen molar-refractivity contribution in [2.24, 2.45) is 5.73 Å². The average Bonchev–Trinajstić information content (AvgIpc) is 3.95. The number of carbonyl (C=O) groups excluding carboxylic acids is 4. The van der Waals surface area contributed by atoms with Crippen LogP contribution in [0.3, 0.4) is 0 Å². The van der Waals surface area contributed by atoms with Crippen LogP contribution in [-0.2, 0) is 33.3 Å². The van der Waals surface area contributed by atoms with Crippen molar-refractivity contribution in [1.29, 1.82) is 0 Å². The van der Waals surface area contributed by atoms with Crippen LogP contribution in [0, 0.1) is 30.3 Å². The molecule has 404 valence electrons. The van der Waals surface area contributed by atoms with Crippen molar-refractivity contribution in [1.82, 2.24) is 5.32 Å². The molecular formula is C38H52B3Cl3FN5O23. The van der Waals surface area contributed by atoms with E-state index in [9.17, 15) is 58.7 Å². The van der Waals surface area contributed by atoms with Crippen molar-refractivity contribution in [3.05, 3.63) is 102 Å². The molecule has 4 rings (SSSR count). The smallest absolute Gasteiger partial charge is 0.478 e. The number of amides is 1. The number of methoxy groups -OCH3 is 2. The van der Waals surface area contributed by atoms with E-state index in [4.69, 9.17) is 77.6 Å². The standard InChI is InChI=1S/C12H17BN2O7.C7H5BClNO5.C7H6BNO6.C5H13NO2.C4H8O.C2Cl2O2.CH3F/c1-21-4-5-22-3-2-14-12(16)9-6-10(13(17)18)8-11(7-9)15(19)20;9-7(11)4-1-5(8(12)13)3-6(2-4)10(14)15;10-7(11)4-1-5(8(12)13)3-6(2-4)9(14)15;1-7-4-5-8-3-2-6;1-2-4-5-3-1;3-1(5)2(4)6;1-2/h6-8,17-18H,2-5H2,1H3,(H,14,16);1-3,12-13H;1-3,12-13H,(H,10,11);2-6H2,1H3;1-4H2;;1H3/i;;;;;;1D. The summed E-state index contributed by atoms with van der Waals surface area (Å²) < 4.78 is 40.1. The highest BCUT2D eigenvalue weighted by Gasteiger charge is 2.22. The van der Waals surface area contributed by atoms with Gasteiger partial charge in [-0.2, -0.15) is 0 Å². The van der Waals surface area contributed by atoms with Gasteiger partial charge < -0.3 is 70.0 Å². The van der Waals surface area contributed by atoms with Crippen LogP contribution in [0.2, 0.25) is 0 Å². The molecule has 1 aliphatic rings. The number of nitrogens with zero attached hydrogens (tertiary/aromatic N) is 3. The number of nitro benzene ring substituents is 3. The van der Waals surface area contributed by atoms with Crippen molar-refractivity contribution in [3.63, 3.8) is 0 Å². The zero-order valence-corrected chi connectivity index (χ0v) is 41.0. The van der Waals surface area contributed by atoms with Crippen LogP contribution in [0.5, 0.6) is 0 Å². The van der Waals surface area contributed by atoms with E-state index in [0.29, 0.717) is 39.6 Å². The molecule has 0 bridgehead atoms. The molecule has 1 fully saturated rings. The van der Waals surface area contributed by atoms with E-state index >= 15 is 0 Å². The molecule has 0 unspecified atom stereocenters. The van der Waals surface area contributed by atoms with Crippen molar-refractivity contribution < 1.29 is 103 Å². The van der Waals surface area contributed by atoms with Crippen LogP contribution < -0.4 is 27.4 Å². The average molecular weight is 1110 g/mol. The summed E-state index contributed by atoms with van der Waals surface area (Å²) in [5.41, 5.74) is 2.74. The predicted molar refractivity (Wildman–Crippen MR) is 261 cm³/mol. The number of aromatic carboxylic acids is 1. The van der Waals surface area contributed by atoms with Gasteiger partial charge in [0.25, 0.3) is 28.2 Å². The molecule has 1 aliphatic heterocycles. The lowest BCUT2D eigenvalue weighted by Gasteiger charge is -2.08. The van der Waals surface area contributed by atoms with Crippen LogP contribution >= 0.6 is 34.8 Å². The molecule has 10 N–H and O–H groups in total. The van der Waals surface area contributed by atoms with Gasteiger partial charge >= 0.3 is 37.8 Å². The largest absolute Gasteiger partial charge is 0.488 e. The molecule has 35 heteroatoms. The molecule has 0 aliphatic carbocycles. The lowest BCUT2D eigenvalue weighted by Crippen LogP contribution is -2.33. The van der Waals surface area contributed by atoms with Gasteiger partial charge in [0.15, 0.2) is 0 Å². The van der Waals surface area contributed by atoms with Gasteiger partial charge in [0, 0.05) is 88.0 Å². The van der Waals surface area contributed by atoms with Gasteiger partial charge in [-0.3, -0.25) is 53.9 Å². The SMILES string of the molecule is C1CCOC1.COCCOCCN.COCCOCCNC(=O)c1cc(B(O)O)cc([N+](=O)[O-])c1.O=C(Cl)C(=O)Cl.O=C(Cl)c1cc(B(O)O)cc([N+](=O)[O-])c1.O=C(O)c1cc(B(O)O)cc([N+](=O)[O-])c1.[2H]CF. The second-order valence-electron chi connectivity index (χ2n) is 13.0. The molecule has 1 saturated heterocycles. The van der Waals surface area contributed by atoms with Gasteiger partial charge in [0.1, 0.15) is 0 Å². The second-order valence-corrected chi connectivity index (χ2v) is 14.1. The minimum Gasteiger partial charge on any atom is -0.478 e. The second kappa shape index (κ2) is 42.8. The number of alkyl halides is 1. The van der Waals surface area contributed by atoms with E-state index in [1.165, 1.54) is 18.9 Å². The molecule has 3 aromatic carbocycles. The first-order chi connectivity index (χ1) is 34.7. The van der Waals surface area contributed by atoms with Crippen molar-refractivity contribution in [2.45, 2.75) is 12.8 Å². The summed E-state index contributed by atoms with van der Waals surface area (Å²) in [6.07, 6.45) is 2.56. The van der Waals surface area contributed by atoms with Gasteiger partial charge in [-0.05, 0) is 82.2 Å². The monoisotopic (exact) mass is 1100 g/mol. The van der Waals surface area contributed by atoms with E-state index in [1.54, 1.807) is 14.2 Å². The quantitative estimate of drug-likeness (QED) is 0.0151. The minimum atomic E-state index is -1.94. The van der Waals surface area contributed by atoms with Crippen LogP contribution in [0.1, 0.15) is 45.3 Å². The van der Waals surface area contributed by atoms with Gasteiger partial charge in [-0.25, -0.2) is 4.79 Å². The number of carbonyl (C=O) groups is 5. The first-order valence-electron chi connectivity index (χ1n) is 20.8. The Hall–Kier alpha value is -5.68. The van der Waals surface area contributed by atoms with Crippen molar-refractivity contribution >= 4 is 117 Å². The highest BCUT2D eigenvalue weighted by Crippen LogP contribution is 2.15. The Kier molecular flexibility index (Phi) is 40.7.